The first kappa shape index (κ1) is 19.3. The molecule has 2 aliphatic heterocycles. The Morgan fingerprint density at radius 3 is 2.59 bits per heavy atom. The lowest BCUT2D eigenvalue weighted by Crippen LogP contribution is -2.45. The van der Waals surface area contributed by atoms with E-state index in [0.717, 1.165) is 24.4 Å². The van der Waals surface area contributed by atoms with E-state index < -0.39 is 0 Å². The van der Waals surface area contributed by atoms with Crippen molar-refractivity contribution in [2.75, 3.05) is 47.0 Å². The number of hydrazone groups is 1. The second-order valence-corrected chi connectivity index (χ2v) is 6.61. The number of carbonyl (C=O) groups is 2. The van der Waals surface area contributed by atoms with Crippen LogP contribution in [0.4, 0.5) is 0 Å². The molecule has 1 aromatic rings. The molecule has 0 spiro atoms. The second kappa shape index (κ2) is 8.96. The highest BCUT2D eigenvalue weighted by molar-refractivity contribution is 6.39. The van der Waals surface area contributed by atoms with Crippen LogP contribution in [-0.4, -0.2) is 74.4 Å². The van der Waals surface area contributed by atoms with Crippen LogP contribution in [-0.2, 0) is 14.3 Å². The summed E-state index contributed by atoms with van der Waals surface area (Å²) in [5, 5.41) is 8.32. The van der Waals surface area contributed by atoms with E-state index in [9.17, 15) is 9.59 Å². The van der Waals surface area contributed by atoms with Gasteiger partial charge in [-0.3, -0.25) is 14.5 Å². The zero-order valence-corrected chi connectivity index (χ0v) is 15.8. The van der Waals surface area contributed by atoms with Gasteiger partial charge in [0.15, 0.2) is 0 Å². The average Bonchev–Trinajstić information content (AvgIpc) is 2.71. The van der Waals surface area contributed by atoms with Crippen molar-refractivity contribution in [3.8, 4) is 5.75 Å². The quantitative estimate of drug-likeness (QED) is 0.796. The summed E-state index contributed by atoms with van der Waals surface area (Å²) in [6.45, 7) is 3.44. The maximum absolute atomic E-state index is 12.5. The lowest BCUT2D eigenvalue weighted by molar-refractivity contribution is -0.130. The molecule has 1 saturated heterocycles. The van der Waals surface area contributed by atoms with Crippen LogP contribution in [0.15, 0.2) is 29.4 Å². The first-order valence-electron chi connectivity index (χ1n) is 9.16. The van der Waals surface area contributed by atoms with Gasteiger partial charge in [0.05, 0.1) is 26.4 Å². The van der Waals surface area contributed by atoms with E-state index in [1.807, 2.05) is 24.3 Å². The molecule has 3 rings (SSSR count). The predicted octanol–water partition coefficient (Wildman–Crippen LogP) is 0.793. The molecule has 0 aromatic heterocycles. The van der Waals surface area contributed by atoms with Crippen LogP contribution in [0.2, 0.25) is 0 Å². The Morgan fingerprint density at radius 2 is 1.96 bits per heavy atom. The number of rotatable bonds is 6. The summed E-state index contributed by atoms with van der Waals surface area (Å²) < 4.78 is 10.7. The van der Waals surface area contributed by atoms with E-state index in [2.05, 4.69) is 15.3 Å². The molecule has 8 heteroatoms. The Balaban J connectivity index is 1.70. The minimum atomic E-state index is -0.221. The molecule has 1 aromatic carbocycles. The summed E-state index contributed by atoms with van der Waals surface area (Å²) in [5.41, 5.74) is 1.50. The highest BCUT2D eigenvalue weighted by atomic mass is 16.5. The third-order valence-electron chi connectivity index (χ3n) is 4.91. The third kappa shape index (κ3) is 4.84. The van der Waals surface area contributed by atoms with Gasteiger partial charge in [-0.05, 0) is 17.7 Å². The summed E-state index contributed by atoms with van der Waals surface area (Å²) in [6.07, 6.45) is 0.688. The largest absolute Gasteiger partial charge is 0.497 e. The van der Waals surface area contributed by atoms with E-state index in [4.69, 9.17) is 9.47 Å². The standard InChI is InChI=1S/C19H26N4O4/c1-22-18(24)8-7-16(21-22)19(25)20-13-17(23-9-11-27-12-10-23)14-3-5-15(26-2)6-4-14/h3-6,17H,7-13H2,1-2H3,(H,20,25). The Morgan fingerprint density at radius 1 is 1.26 bits per heavy atom. The van der Waals surface area contributed by atoms with Gasteiger partial charge >= 0.3 is 0 Å². The Kier molecular flexibility index (Phi) is 6.41. The Bertz CT molecular complexity index is 698. The summed E-state index contributed by atoms with van der Waals surface area (Å²) >= 11 is 0. The van der Waals surface area contributed by atoms with E-state index in [0.29, 0.717) is 38.3 Å². The number of morpholine rings is 1. The molecule has 2 heterocycles. The van der Waals surface area contributed by atoms with E-state index in [1.165, 1.54) is 5.01 Å². The highest BCUT2D eigenvalue weighted by Gasteiger charge is 2.26. The summed E-state index contributed by atoms with van der Waals surface area (Å²) in [4.78, 5) is 26.4. The molecule has 0 aliphatic carbocycles. The van der Waals surface area contributed by atoms with Gasteiger partial charge in [-0.1, -0.05) is 12.1 Å². The third-order valence-corrected chi connectivity index (χ3v) is 4.91. The molecule has 2 amide bonds. The zero-order chi connectivity index (χ0) is 19.2. The molecule has 8 nitrogen and oxygen atoms in total. The maximum atomic E-state index is 12.5. The lowest BCUT2D eigenvalue weighted by atomic mass is 10.0. The van der Waals surface area contributed by atoms with Gasteiger partial charge in [-0.2, -0.15) is 5.10 Å². The van der Waals surface area contributed by atoms with E-state index >= 15 is 0 Å². The van der Waals surface area contributed by atoms with Crippen molar-refractivity contribution >= 4 is 17.5 Å². The molecule has 2 aliphatic rings. The van der Waals surface area contributed by atoms with Crippen molar-refractivity contribution in [1.82, 2.24) is 15.2 Å². The van der Waals surface area contributed by atoms with Crippen LogP contribution in [0.1, 0.15) is 24.4 Å². The Labute approximate surface area is 159 Å². The van der Waals surface area contributed by atoms with Crippen LogP contribution >= 0.6 is 0 Å². The smallest absolute Gasteiger partial charge is 0.267 e. The van der Waals surface area contributed by atoms with Crippen LogP contribution in [0.5, 0.6) is 5.75 Å². The topological polar surface area (TPSA) is 83.5 Å². The van der Waals surface area contributed by atoms with Gasteiger partial charge in [0.2, 0.25) is 5.91 Å². The molecule has 1 atom stereocenters. The molecule has 0 saturated carbocycles. The number of ether oxygens (including phenoxy) is 2. The summed E-state index contributed by atoms with van der Waals surface area (Å²) in [7, 11) is 3.21. The van der Waals surface area contributed by atoms with Gasteiger partial charge in [-0.15, -0.1) is 0 Å². The zero-order valence-electron chi connectivity index (χ0n) is 15.8. The molecule has 1 fully saturated rings. The fourth-order valence-corrected chi connectivity index (χ4v) is 3.30. The highest BCUT2D eigenvalue weighted by Crippen LogP contribution is 2.23. The summed E-state index contributed by atoms with van der Waals surface area (Å²) in [6, 6.07) is 7.94. The lowest BCUT2D eigenvalue weighted by Gasteiger charge is -2.35. The first-order valence-corrected chi connectivity index (χ1v) is 9.16. The number of hydrogen-bond donors (Lipinski definition) is 1. The fourth-order valence-electron chi connectivity index (χ4n) is 3.30. The number of nitrogens with zero attached hydrogens (tertiary/aromatic N) is 3. The number of benzene rings is 1. The van der Waals surface area contributed by atoms with Crippen molar-refractivity contribution in [3.63, 3.8) is 0 Å². The molecular formula is C19H26N4O4. The number of nitrogens with one attached hydrogen (secondary N) is 1. The van der Waals surface area contributed by atoms with Gasteiger partial charge in [0, 0.05) is 39.5 Å². The monoisotopic (exact) mass is 374 g/mol. The SMILES string of the molecule is COc1ccc(C(CNC(=O)C2=NN(C)C(=O)CC2)N2CCOCC2)cc1. The predicted molar refractivity (Wildman–Crippen MR) is 101 cm³/mol. The van der Waals surface area contributed by atoms with Crippen molar-refractivity contribution in [1.29, 1.82) is 0 Å². The first-order chi connectivity index (χ1) is 13.1. The van der Waals surface area contributed by atoms with Gasteiger partial charge in [0.1, 0.15) is 11.5 Å². The fraction of sp³-hybridized carbons (Fsp3) is 0.526. The summed E-state index contributed by atoms with van der Waals surface area (Å²) in [5.74, 6) is 0.505. The minimum Gasteiger partial charge on any atom is -0.497 e. The van der Waals surface area contributed by atoms with Gasteiger partial charge < -0.3 is 14.8 Å². The molecule has 1 N–H and O–H groups in total. The molecule has 27 heavy (non-hydrogen) atoms. The van der Waals surface area contributed by atoms with Crippen molar-refractivity contribution < 1.29 is 19.1 Å². The normalized spacial score (nSPS) is 19.4. The van der Waals surface area contributed by atoms with E-state index in [1.54, 1.807) is 14.2 Å². The molecule has 1 unspecified atom stereocenters. The number of carbonyl (C=O) groups excluding carboxylic acids is 2. The van der Waals surface area contributed by atoms with Crippen molar-refractivity contribution in [2.45, 2.75) is 18.9 Å². The van der Waals surface area contributed by atoms with Crippen molar-refractivity contribution in [2.24, 2.45) is 5.10 Å². The van der Waals surface area contributed by atoms with Gasteiger partial charge in [-0.25, -0.2) is 5.01 Å². The van der Waals surface area contributed by atoms with E-state index in [-0.39, 0.29) is 17.9 Å². The number of methoxy groups -OCH3 is 1. The minimum absolute atomic E-state index is 0.0345. The van der Waals surface area contributed by atoms with Crippen LogP contribution in [0.3, 0.4) is 0 Å². The second-order valence-electron chi connectivity index (χ2n) is 6.61. The van der Waals surface area contributed by atoms with Crippen molar-refractivity contribution in [3.05, 3.63) is 29.8 Å². The molecule has 0 radical (unpaired) electrons. The van der Waals surface area contributed by atoms with Crippen LogP contribution in [0, 0.1) is 0 Å². The molecular weight excluding hydrogens is 348 g/mol. The maximum Gasteiger partial charge on any atom is 0.267 e. The van der Waals surface area contributed by atoms with Gasteiger partial charge in [0.25, 0.3) is 5.91 Å². The molecule has 146 valence electrons. The Hall–Kier alpha value is -2.45. The van der Waals surface area contributed by atoms with Crippen LogP contribution < -0.4 is 10.1 Å². The average molecular weight is 374 g/mol. The van der Waals surface area contributed by atoms with Crippen LogP contribution in [0.25, 0.3) is 0 Å². The number of hydrogen-bond acceptors (Lipinski definition) is 6. The number of amides is 2. The molecule has 0 bridgehead atoms.